The molecule has 2 atom stereocenters. The number of allylic oxidation sites excluding steroid dienone is 2. The number of fused-ring (bicyclic) bond motifs is 7. The maximum absolute atomic E-state index is 5.31. The van der Waals surface area contributed by atoms with Gasteiger partial charge >= 0.3 is 0 Å². The Bertz CT molecular complexity index is 3050. The molecule has 2 unspecified atom stereocenters. The molecule has 4 heteroatoms. The lowest BCUT2D eigenvalue weighted by Gasteiger charge is -2.28. The number of aliphatic imine (C=N–C) groups is 2. The van der Waals surface area contributed by atoms with Crippen LogP contribution in [-0.4, -0.2) is 26.8 Å². The normalized spacial score (nSPS) is 16.6. The van der Waals surface area contributed by atoms with Crippen LogP contribution in [0, 0.1) is 5.92 Å². The van der Waals surface area contributed by atoms with Gasteiger partial charge in [0, 0.05) is 33.2 Å². The molecule has 54 heavy (non-hydrogen) atoms. The molecular formula is C50H34N4. The number of nitrogens with zero attached hydrogens (tertiary/aromatic N) is 4. The fourth-order valence-corrected chi connectivity index (χ4v) is 8.54. The van der Waals surface area contributed by atoms with Crippen molar-refractivity contribution in [1.82, 2.24) is 9.13 Å². The number of para-hydroxylation sites is 2. The van der Waals surface area contributed by atoms with Gasteiger partial charge in [-0.2, -0.15) is 0 Å². The highest BCUT2D eigenvalue weighted by molar-refractivity contribution is 6.19. The first-order valence-electron chi connectivity index (χ1n) is 18.6. The summed E-state index contributed by atoms with van der Waals surface area (Å²) >= 11 is 0. The summed E-state index contributed by atoms with van der Waals surface area (Å²) < 4.78 is 4.65. The van der Waals surface area contributed by atoms with Crippen molar-refractivity contribution in [3.8, 4) is 27.9 Å². The maximum atomic E-state index is 5.31. The molecule has 0 spiro atoms. The van der Waals surface area contributed by atoms with E-state index in [1.165, 1.54) is 54.8 Å². The number of benzene rings is 7. The number of aromatic nitrogens is 2. The summed E-state index contributed by atoms with van der Waals surface area (Å²) in [4.78, 5) is 10.6. The first kappa shape index (κ1) is 30.6. The summed E-state index contributed by atoms with van der Waals surface area (Å²) in [6.07, 6.45) is 8.64. The molecule has 2 aromatic heterocycles. The summed E-state index contributed by atoms with van der Waals surface area (Å²) in [6.45, 7) is 0. The topological polar surface area (TPSA) is 34.6 Å². The average Bonchev–Trinajstić information content (AvgIpc) is 3.76. The molecule has 3 heterocycles. The van der Waals surface area contributed by atoms with Crippen molar-refractivity contribution in [2.75, 3.05) is 0 Å². The molecule has 1 aliphatic carbocycles. The fourth-order valence-electron chi connectivity index (χ4n) is 8.54. The molecule has 0 radical (unpaired) electrons. The minimum atomic E-state index is -0.0112. The lowest BCUT2D eigenvalue weighted by molar-refractivity contribution is 0.703. The lowest BCUT2D eigenvalue weighted by Crippen LogP contribution is -2.33. The second-order valence-corrected chi connectivity index (χ2v) is 14.2. The van der Waals surface area contributed by atoms with Gasteiger partial charge in [0.25, 0.3) is 0 Å². The minimum Gasteiger partial charge on any atom is -0.309 e. The van der Waals surface area contributed by atoms with Crippen LogP contribution in [0.4, 0.5) is 0 Å². The van der Waals surface area contributed by atoms with Crippen molar-refractivity contribution in [2.45, 2.75) is 6.04 Å². The maximum Gasteiger partial charge on any atom is 0.230 e. The molecule has 4 nitrogen and oxygen atoms in total. The Balaban J connectivity index is 1.06. The standard InChI is InChI=1S/C50H34N4/c1-3-14-33(15-4-1)35-18-13-19-38(30-35)53-45-24-11-8-20-39(45)42-31-36(26-28-47(42)53)37-27-29-48-43(32-37)40-21-9-12-25-46(40)54(48)50-51-44-23-10-7-22-41(44)49(52-50)34-16-5-2-6-17-34/h1-32,41,44H. The van der Waals surface area contributed by atoms with Gasteiger partial charge in [0.1, 0.15) is 0 Å². The first-order chi connectivity index (χ1) is 26.8. The highest BCUT2D eigenvalue weighted by Crippen LogP contribution is 2.38. The van der Waals surface area contributed by atoms with E-state index in [-0.39, 0.29) is 12.0 Å². The van der Waals surface area contributed by atoms with E-state index >= 15 is 0 Å². The third-order valence-corrected chi connectivity index (χ3v) is 11.1. The Kier molecular flexibility index (Phi) is 6.96. The van der Waals surface area contributed by atoms with Crippen LogP contribution < -0.4 is 0 Å². The van der Waals surface area contributed by atoms with Gasteiger partial charge in [-0.1, -0.05) is 146 Å². The van der Waals surface area contributed by atoms with Crippen molar-refractivity contribution in [3.05, 3.63) is 200 Å². The van der Waals surface area contributed by atoms with Crippen LogP contribution in [0.2, 0.25) is 0 Å². The second kappa shape index (κ2) is 12.3. The van der Waals surface area contributed by atoms with E-state index in [0.29, 0.717) is 0 Å². The Morgan fingerprint density at radius 2 is 0.926 bits per heavy atom. The monoisotopic (exact) mass is 690 g/mol. The molecule has 0 amide bonds. The average molecular weight is 691 g/mol. The van der Waals surface area contributed by atoms with Crippen LogP contribution in [-0.2, 0) is 0 Å². The molecule has 0 saturated heterocycles. The molecule has 0 bridgehead atoms. The molecule has 7 aromatic carbocycles. The first-order valence-corrected chi connectivity index (χ1v) is 18.6. The quantitative estimate of drug-likeness (QED) is 0.176. The molecule has 11 rings (SSSR count). The van der Waals surface area contributed by atoms with E-state index in [1.54, 1.807) is 0 Å². The SMILES string of the molecule is C1=CC2N=C(n3c4ccccc4c4cc(-c5ccc6c(c5)c5ccccc5n6-c5cccc(-c6ccccc6)c5)ccc43)N=C(c3ccccc3)C2C=C1. The van der Waals surface area contributed by atoms with Crippen LogP contribution in [0.15, 0.2) is 204 Å². The molecule has 1 aliphatic heterocycles. The van der Waals surface area contributed by atoms with Crippen molar-refractivity contribution in [3.63, 3.8) is 0 Å². The van der Waals surface area contributed by atoms with E-state index in [2.05, 4.69) is 203 Å². The number of hydrogen-bond acceptors (Lipinski definition) is 2. The molecule has 0 saturated carbocycles. The summed E-state index contributed by atoms with van der Waals surface area (Å²) in [5.41, 5.74) is 12.7. The fraction of sp³-hybridized carbons (Fsp3) is 0.0400. The van der Waals surface area contributed by atoms with E-state index in [1.807, 2.05) is 0 Å². The van der Waals surface area contributed by atoms with Gasteiger partial charge in [0.15, 0.2) is 0 Å². The molecule has 0 fully saturated rings. The van der Waals surface area contributed by atoms with Crippen LogP contribution in [0.5, 0.6) is 0 Å². The van der Waals surface area contributed by atoms with Crippen molar-refractivity contribution < 1.29 is 0 Å². The van der Waals surface area contributed by atoms with Gasteiger partial charge in [-0.25, -0.2) is 9.98 Å². The van der Waals surface area contributed by atoms with Gasteiger partial charge in [-0.05, 0) is 76.3 Å². The van der Waals surface area contributed by atoms with Crippen LogP contribution in [0.3, 0.4) is 0 Å². The van der Waals surface area contributed by atoms with Crippen LogP contribution in [0.1, 0.15) is 5.56 Å². The Labute approximate surface area is 313 Å². The lowest BCUT2D eigenvalue weighted by atomic mass is 9.86. The largest absolute Gasteiger partial charge is 0.309 e. The Hall–Kier alpha value is -7.04. The third-order valence-electron chi connectivity index (χ3n) is 11.1. The molecule has 2 aliphatic rings. The molecular weight excluding hydrogens is 657 g/mol. The summed E-state index contributed by atoms with van der Waals surface area (Å²) in [6, 6.07) is 61.1. The summed E-state index contributed by atoms with van der Waals surface area (Å²) in [7, 11) is 0. The minimum absolute atomic E-state index is 0.0112. The van der Waals surface area contributed by atoms with E-state index < -0.39 is 0 Å². The van der Waals surface area contributed by atoms with Gasteiger partial charge in [-0.15, -0.1) is 0 Å². The van der Waals surface area contributed by atoms with Crippen molar-refractivity contribution >= 4 is 55.3 Å². The van der Waals surface area contributed by atoms with Crippen LogP contribution >= 0.6 is 0 Å². The number of rotatable bonds is 4. The van der Waals surface area contributed by atoms with E-state index in [9.17, 15) is 0 Å². The predicted molar refractivity (Wildman–Crippen MR) is 226 cm³/mol. The second-order valence-electron chi connectivity index (χ2n) is 14.2. The summed E-state index contributed by atoms with van der Waals surface area (Å²) in [5, 5.41) is 4.85. The number of hydrogen-bond donors (Lipinski definition) is 0. The molecule has 0 N–H and O–H groups in total. The van der Waals surface area contributed by atoms with Gasteiger partial charge in [0.05, 0.1) is 33.8 Å². The predicted octanol–water partition coefficient (Wildman–Crippen LogP) is 12.0. The Morgan fingerprint density at radius 3 is 1.63 bits per heavy atom. The zero-order valence-corrected chi connectivity index (χ0v) is 29.4. The molecule has 254 valence electrons. The smallest absolute Gasteiger partial charge is 0.230 e. The van der Waals surface area contributed by atoms with Gasteiger partial charge < -0.3 is 4.57 Å². The van der Waals surface area contributed by atoms with E-state index in [4.69, 9.17) is 9.98 Å². The highest BCUT2D eigenvalue weighted by Gasteiger charge is 2.30. The highest BCUT2D eigenvalue weighted by atomic mass is 15.2. The van der Waals surface area contributed by atoms with Crippen molar-refractivity contribution in [2.24, 2.45) is 15.9 Å². The van der Waals surface area contributed by atoms with Crippen LogP contribution in [0.25, 0.3) is 71.6 Å². The van der Waals surface area contributed by atoms with Crippen molar-refractivity contribution in [1.29, 1.82) is 0 Å². The zero-order chi connectivity index (χ0) is 35.6. The third kappa shape index (κ3) is 4.84. The van der Waals surface area contributed by atoms with Gasteiger partial charge in [-0.3, -0.25) is 4.57 Å². The Morgan fingerprint density at radius 1 is 0.389 bits per heavy atom. The van der Waals surface area contributed by atoms with E-state index in [0.717, 1.165) is 34.0 Å². The summed E-state index contributed by atoms with van der Waals surface area (Å²) in [5.74, 6) is 0.828. The van der Waals surface area contributed by atoms with Gasteiger partial charge in [0.2, 0.25) is 5.96 Å². The zero-order valence-electron chi connectivity index (χ0n) is 29.4. The molecule has 9 aromatic rings.